The molecule has 0 spiro atoms. The topological polar surface area (TPSA) is 95.6 Å². The van der Waals surface area contributed by atoms with Crippen molar-refractivity contribution < 1.29 is 15.0 Å². The summed E-state index contributed by atoms with van der Waals surface area (Å²) in [4.78, 5) is 10.5. The second-order valence-electron chi connectivity index (χ2n) is 3.22. The molecule has 5 nitrogen and oxygen atoms in total. The second-order valence-corrected chi connectivity index (χ2v) is 3.22. The van der Waals surface area contributed by atoms with Gasteiger partial charge in [0.05, 0.1) is 0 Å². The number of nitrogens with two attached hydrogens (primary N) is 1. The van der Waals surface area contributed by atoms with Gasteiger partial charge in [0.15, 0.2) is 0 Å². The molecule has 0 aliphatic rings. The van der Waals surface area contributed by atoms with E-state index in [2.05, 4.69) is 5.32 Å². The van der Waals surface area contributed by atoms with Crippen LogP contribution in [0, 0.1) is 0 Å². The molecule has 1 unspecified atom stereocenters. The minimum Gasteiger partial charge on any atom is -0.508 e. The van der Waals surface area contributed by atoms with E-state index in [9.17, 15) is 4.79 Å². The Kier molecular flexibility index (Phi) is 4.08. The molecule has 1 amide bonds. The molecule has 1 atom stereocenters. The first-order valence-electron chi connectivity index (χ1n) is 4.55. The van der Waals surface area contributed by atoms with Gasteiger partial charge in [-0.3, -0.25) is 4.79 Å². The molecule has 1 aromatic carbocycles. The summed E-state index contributed by atoms with van der Waals surface area (Å²) >= 11 is 0. The maximum Gasteiger partial charge on any atom is 0.247 e. The van der Waals surface area contributed by atoms with E-state index >= 15 is 0 Å². The molecular weight excluding hydrogens is 196 g/mol. The molecule has 1 rings (SSSR count). The smallest absolute Gasteiger partial charge is 0.247 e. The lowest BCUT2D eigenvalue weighted by Gasteiger charge is -2.08. The van der Waals surface area contributed by atoms with E-state index in [0.29, 0.717) is 6.54 Å². The van der Waals surface area contributed by atoms with Crippen molar-refractivity contribution in [2.45, 2.75) is 12.6 Å². The molecule has 0 aromatic heterocycles. The number of benzene rings is 1. The quantitative estimate of drug-likeness (QED) is 0.518. The Bertz CT molecular complexity index is 324. The summed E-state index contributed by atoms with van der Waals surface area (Å²) in [5.74, 6) is -0.538. The highest BCUT2D eigenvalue weighted by Crippen LogP contribution is 2.08. The number of aliphatic hydroxyl groups is 1. The van der Waals surface area contributed by atoms with Crippen LogP contribution in [0.1, 0.15) is 5.56 Å². The van der Waals surface area contributed by atoms with Crippen molar-refractivity contribution in [2.24, 2.45) is 5.73 Å². The van der Waals surface area contributed by atoms with Gasteiger partial charge in [-0.25, -0.2) is 0 Å². The molecule has 0 fully saturated rings. The minimum absolute atomic E-state index is 0.121. The number of carbonyl (C=O) groups excluding carboxylic acids is 1. The zero-order valence-electron chi connectivity index (χ0n) is 8.18. The number of phenols is 1. The summed E-state index contributed by atoms with van der Waals surface area (Å²) < 4.78 is 0. The molecule has 82 valence electrons. The highest BCUT2D eigenvalue weighted by molar-refractivity contribution is 5.78. The Labute approximate surface area is 87.5 Å². The third-order valence-corrected chi connectivity index (χ3v) is 1.93. The van der Waals surface area contributed by atoms with Crippen LogP contribution in [-0.2, 0) is 11.3 Å². The van der Waals surface area contributed by atoms with Gasteiger partial charge in [-0.05, 0) is 17.7 Å². The van der Waals surface area contributed by atoms with Gasteiger partial charge < -0.3 is 21.3 Å². The Morgan fingerprint density at radius 3 is 2.53 bits per heavy atom. The maximum absolute atomic E-state index is 10.5. The summed E-state index contributed by atoms with van der Waals surface area (Å²) in [6.07, 6.45) is -1.16. The van der Waals surface area contributed by atoms with E-state index in [4.69, 9.17) is 15.9 Å². The molecule has 0 radical (unpaired) electrons. The summed E-state index contributed by atoms with van der Waals surface area (Å²) in [6, 6.07) is 6.64. The van der Waals surface area contributed by atoms with E-state index in [1.807, 2.05) is 0 Å². The van der Waals surface area contributed by atoms with Gasteiger partial charge in [0, 0.05) is 13.1 Å². The van der Waals surface area contributed by atoms with Crippen LogP contribution < -0.4 is 11.1 Å². The fourth-order valence-electron chi connectivity index (χ4n) is 1.07. The lowest BCUT2D eigenvalue weighted by atomic mass is 10.2. The van der Waals surface area contributed by atoms with Gasteiger partial charge in [-0.1, -0.05) is 12.1 Å². The molecule has 15 heavy (non-hydrogen) atoms. The predicted molar refractivity (Wildman–Crippen MR) is 55.0 cm³/mol. The summed E-state index contributed by atoms with van der Waals surface area (Å²) in [5.41, 5.74) is 5.82. The first-order valence-corrected chi connectivity index (χ1v) is 4.55. The van der Waals surface area contributed by atoms with Gasteiger partial charge in [-0.2, -0.15) is 0 Å². The Balaban J connectivity index is 2.32. The number of aliphatic hydroxyl groups excluding tert-OH is 1. The second kappa shape index (κ2) is 5.33. The number of phenolic OH excluding ortho intramolecular Hbond substituents is 1. The van der Waals surface area contributed by atoms with Crippen LogP contribution in [0.4, 0.5) is 0 Å². The van der Waals surface area contributed by atoms with Crippen molar-refractivity contribution in [3.05, 3.63) is 29.8 Å². The lowest BCUT2D eigenvalue weighted by molar-refractivity contribution is -0.125. The molecular formula is C10H14N2O3. The van der Waals surface area contributed by atoms with Crippen LogP contribution in [0.2, 0.25) is 0 Å². The highest BCUT2D eigenvalue weighted by atomic mass is 16.3. The first-order chi connectivity index (χ1) is 7.09. The van der Waals surface area contributed by atoms with Crippen molar-refractivity contribution in [2.75, 3.05) is 6.54 Å². The first kappa shape index (κ1) is 11.5. The van der Waals surface area contributed by atoms with Gasteiger partial charge >= 0.3 is 0 Å². The molecule has 0 aliphatic heterocycles. The SMILES string of the molecule is NC(=O)C(O)CNCc1ccc(O)cc1. The molecule has 0 bridgehead atoms. The molecule has 0 aliphatic carbocycles. The van der Waals surface area contributed by atoms with Gasteiger partial charge in [0.25, 0.3) is 0 Å². The van der Waals surface area contributed by atoms with E-state index in [0.717, 1.165) is 5.56 Å². The Hall–Kier alpha value is -1.59. The molecule has 0 saturated carbocycles. The van der Waals surface area contributed by atoms with E-state index in [-0.39, 0.29) is 12.3 Å². The number of rotatable bonds is 5. The van der Waals surface area contributed by atoms with Crippen LogP contribution in [0.5, 0.6) is 5.75 Å². The zero-order valence-corrected chi connectivity index (χ0v) is 8.18. The molecule has 1 aromatic rings. The van der Waals surface area contributed by atoms with Crippen molar-refractivity contribution in [1.82, 2.24) is 5.32 Å². The fourth-order valence-corrected chi connectivity index (χ4v) is 1.07. The van der Waals surface area contributed by atoms with Crippen LogP contribution in [0.3, 0.4) is 0 Å². The molecule has 0 saturated heterocycles. The zero-order chi connectivity index (χ0) is 11.3. The average Bonchev–Trinajstić information content (AvgIpc) is 2.20. The highest BCUT2D eigenvalue weighted by Gasteiger charge is 2.08. The Morgan fingerprint density at radius 1 is 1.40 bits per heavy atom. The number of amides is 1. The number of nitrogens with one attached hydrogen (secondary N) is 1. The molecule has 5 heteroatoms. The number of aromatic hydroxyl groups is 1. The fraction of sp³-hybridized carbons (Fsp3) is 0.300. The molecule has 5 N–H and O–H groups in total. The van der Waals surface area contributed by atoms with E-state index < -0.39 is 12.0 Å². The number of hydrogen-bond acceptors (Lipinski definition) is 4. The van der Waals surface area contributed by atoms with Crippen LogP contribution in [0.15, 0.2) is 24.3 Å². The monoisotopic (exact) mass is 210 g/mol. The molecule has 0 heterocycles. The average molecular weight is 210 g/mol. The number of carbonyl (C=O) groups is 1. The maximum atomic E-state index is 10.5. The number of hydrogen-bond donors (Lipinski definition) is 4. The third kappa shape index (κ3) is 3.97. The van der Waals surface area contributed by atoms with Gasteiger partial charge in [0.2, 0.25) is 5.91 Å². The third-order valence-electron chi connectivity index (χ3n) is 1.93. The number of primary amides is 1. The van der Waals surface area contributed by atoms with Crippen LogP contribution >= 0.6 is 0 Å². The summed E-state index contributed by atoms with van der Waals surface area (Å²) in [7, 11) is 0. The van der Waals surface area contributed by atoms with Crippen molar-refractivity contribution in [3.8, 4) is 5.75 Å². The standard InChI is InChI=1S/C10H14N2O3/c11-10(15)9(14)6-12-5-7-1-3-8(13)4-2-7/h1-4,9,12-14H,5-6H2,(H2,11,15). The van der Waals surface area contributed by atoms with E-state index in [1.165, 1.54) is 0 Å². The van der Waals surface area contributed by atoms with Gasteiger partial charge in [0.1, 0.15) is 11.9 Å². The normalized spacial score (nSPS) is 12.3. The van der Waals surface area contributed by atoms with E-state index in [1.54, 1.807) is 24.3 Å². The van der Waals surface area contributed by atoms with Crippen molar-refractivity contribution >= 4 is 5.91 Å². The largest absolute Gasteiger partial charge is 0.508 e. The Morgan fingerprint density at radius 2 is 2.00 bits per heavy atom. The van der Waals surface area contributed by atoms with Crippen molar-refractivity contribution in [1.29, 1.82) is 0 Å². The predicted octanol–water partition coefficient (Wildman–Crippen LogP) is -0.672. The lowest BCUT2D eigenvalue weighted by Crippen LogP contribution is -2.37. The van der Waals surface area contributed by atoms with Crippen molar-refractivity contribution in [3.63, 3.8) is 0 Å². The summed E-state index contributed by atoms with van der Waals surface area (Å²) in [5, 5.41) is 21.0. The minimum atomic E-state index is -1.16. The van der Waals surface area contributed by atoms with Crippen LogP contribution in [0.25, 0.3) is 0 Å². The van der Waals surface area contributed by atoms with Gasteiger partial charge in [-0.15, -0.1) is 0 Å². The van der Waals surface area contributed by atoms with Crippen LogP contribution in [-0.4, -0.2) is 28.8 Å². The summed E-state index contributed by atoms with van der Waals surface area (Å²) in [6.45, 7) is 0.626.